The normalized spacial score (nSPS) is 12.8. The van der Waals surface area contributed by atoms with Crippen LogP contribution in [-0.2, 0) is 14.3 Å². The molecule has 0 fully saturated rings. The van der Waals surface area contributed by atoms with E-state index in [2.05, 4.69) is 55.6 Å². The van der Waals surface area contributed by atoms with E-state index in [1.807, 2.05) is 0 Å². The van der Waals surface area contributed by atoms with Crippen LogP contribution in [-0.4, -0.2) is 47.4 Å². The van der Waals surface area contributed by atoms with Gasteiger partial charge in [-0.2, -0.15) is 0 Å². The molecule has 0 aliphatic heterocycles. The first-order valence-electron chi connectivity index (χ1n) is 30.7. The molecule has 0 heterocycles. The smallest absolute Gasteiger partial charge is 0.305 e. The molecule has 0 saturated heterocycles. The van der Waals surface area contributed by atoms with Gasteiger partial charge in [-0.3, -0.25) is 9.59 Å². The van der Waals surface area contributed by atoms with Gasteiger partial charge in [0.2, 0.25) is 5.91 Å². The molecule has 0 aromatic heterocycles. The maximum Gasteiger partial charge on any atom is 0.305 e. The SMILES string of the molecule is CCCCC/C=C\C/C=C\CCCCCCCC(=O)OCCCCCCCCCCCCCC/C=C\CCCCCCCCCCCCCC(=O)NC(CO)C(O)CCCCCCCCCCCC. The van der Waals surface area contributed by atoms with Crippen LogP contribution in [0.2, 0.25) is 0 Å². The number of aliphatic hydroxyl groups is 2. The second-order valence-corrected chi connectivity index (χ2v) is 21.0. The van der Waals surface area contributed by atoms with Gasteiger partial charge < -0.3 is 20.3 Å². The summed E-state index contributed by atoms with van der Waals surface area (Å²) in [6.45, 7) is 4.91. The average Bonchev–Trinajstić information content (AvgIpc) is 3.35. The summed E-state index contributed by atoms with van der Waals surface area (Å²) in [4.78, 5) is 24.5. The largest absolute Gasteiger partial charge is 0.466 e. The van der Waals surface area contributed by atoms with Gasteiger partial charge in [-0.05, 0) is 83.5 Å². The summed E-state index contributed by atoms with van der Waals surface area (Å²) in [7, 11) is 0. The minimum atomic E-state index is -0.663. The standard InChI is InChI=1S/C63H119NO5/c1-3-5-7-9-11-13-15-16-30-34-37-41-45-49-53-57-63(68)69-58-54-50-46-42-38-35-32-29-27-25-23-21-19-17-18-20-22-24-26-28-31-33-36-40-44-48-52-56-62(67)64-60(59-65)61(66)55-51-47-43-39-14-12-10-8-6-4-2/h11,13,16-18,30,60-61,65-66H,3-10,12,14-15,19-29,31-59H2,1-2H3,(H,64,67)/b13-11-,18-17-,30-16-. The molecule has 0 rings (SSSR count). The van der Waals surface area contributed by atoms with Gasteiger partial charge in [-0.1, -0.05) is 269 Å². The van der Waals surface area contributed by atoms with E-state index in [1.54, 1.807) is 0 Å². The van der Waals surface area contributed by atoms with E-state index in [1.165, 1.54) is 244 Å². The van der Waals surface area contributed by atoms with Gasteiger partial charge in [0.1, 0.15) is 0 Å². The number of hydrogen-bond acceptors (Lipinski definition) is 5. The molecule has 3 N–H and O–H groups in total. The Balaban J connectivity index is 3.36. The molecule has 6 heteroatoms. The number of nitrogens with one attached hydrogen (secondary N) is 1. The average molecular weight is 971 g/mol. The monoisotopic (exact) mass is 970 g/mol. The van der Waals surface area contributed by atoms with E-state index in [4.69, 9.17) is 4.74 Å². The number of amides is 1. The van der Waals surface area contributed by atoms with Crippen LogP contribution in [0.15, 0.2) is 36.5 Å². The maximum atomic E-state index is 12.4. The van der Waals surface area contributed by atoms with Crippen molar-refractivity contribution in [2.24, 2.45) is 0 Å². The molecule has 1 amide bonds. The molecule has 0 aromatic carbocycles. The summed E-state index contributed by atoms with van der Waals surface area (Å²) in [6.07, 6.45) is 73.1. The zero-order valence-electron chi connectivity index (χ0n) is 46.3. The van der Waals surface area contributed by atoms with Crippen molar-refractivity contribution in [2.45, 2.75) is 341 Å². The van der Waals surface area contributed by atoms with Crippen LogP contribution in [0, 0.1) is 0 Å². The number of carbonyl (C=O) groups is 2. The molecule has 69 heavy (non-hydrogen) atoms. The van der Waals surface area contributed by atoms with Gasteiger partial charge in [0.05, 0.1) is 25.4 Å². The van der Waals surface area contributed by atoms with Gasteiger partial charge in [0.15, 0.2) is 0 Å². The molecule has 0 aliphatic carbocycles. The van der Waals surface area contributed by atoms with E-state index < -0.39 is 12.1 Å². The molecule has 0 aromatic rings. The third kappa shape index (κ3) is 55.2. The van der Waals surface area contributed by atoms with Gasteiger partial charge >= 0.3 is 5.97 Å². The van der Waals surface area contributed by atoms with Crippen molar-refractivity contribution in [1.29, 1.82) is 0 Å². The number of aliphatic hydroxyl groups excluding tert-OH is 2. The van der Waals surface area contributed by atoms with Gasteiger partial charge in [0, 0.05) is 12.8 Å². The van der Waals surface area contributed by atoms with E-state index in [-0.39, 0.29) is 18.5 Å². The molecule has 0 saturated carbocycles. The second-order valence-electron chi connectivity index (χ2n) is 21.0. The van der Waals surface area contributed by atoms with Crippen molar-refractivity contribution < 1.29 is 24.5 Å². The maximum absolute atomic E-state index is 12.4. The van der Waals surface area contributed by atoms with Crippen LogP contribution in [0.3, 0.4) is 0 Å². The fourth-order valence-electron chi connectivity index (χ4n) is 9.43. The van der Waals surface area contributed by atoms with Crippen molar-refractivity contribution in [1.82, 2.24) is 5.32 Å². The number of hydrogen-bond donors (Lipinski definition) is 3. The Morgan fingerprint density at radius 2 is 0.725 bits per heavy atom. The molecule has 2 atom stereocenters. The van der Waals surface area contributed by atoms with Crippen LogP contribution >= 0.6 is 0 Å². The number of esters is 1. The van der Waals surface area contributed by atoms with Crippen LogP contribution in [0.25, 0.3) is 0 Å². The van der Waals surface area contributed by atoms with Crippen molar-refractivity contribution in [3.05, 3.63) is 36.5 Å². The molecule has 6 nitrogen and oxygen atoms in total. The van der Waals surface area contributed by atoms with Crippen LogP contribution < -0.4 is 5.32 Å². The third-order valence-electron chi connectivity index (χ3n) is 14.2. The lowest BCUT2D eigenvalue weighted by molar-refractivity contribution is -0.143. The number of rotatable bonds is 57. The highest BCUT2D eigenvalue weighted by molar-refractivity contribution is 5.76. The molecule has 406 valence electrons. The molecular formula is C63H119NO5. The summed E-state index contributed by atoms with van der Waals surface area (Å²) < 4.78 is 5.48. The predicted octanol–water partition coefficient (Wildman–Crippen LogP) is 19.2. The summed E-state index contributed by atoms with van der Waals surface area (Å²) in [5, 5.41) is 23.2. The lowest BCUT2D eigenvalue weighted by Gasteiger charge is -2.22. The third-order valence-corrected chi connectivity index (χ3v) is 14.2. The Kier molecular flexibility index (Phi) is 57.0. The van der Waals surface area contributed by atoms with E-state index in [0.29, 0.717) is 25.9 Å². The lowest BCUT2D eigenvalue weighted by Crippen LogP contribution is -2.45. The molecule has 2 unspecified atom stereocenters. The molecular weight excluding hydrogens is 851 g/mol. The first-order chi connectivity index (χ1) is 34.0. The van der Waals surface area contributed by atoms with Crippen molar-refractivity contribution in [3.63, 3.8) is 0 Å². The van der Waals surface area contributed by atoms with E-state index in [9.17, 15) is 19.8 Å². The number of unbranched alkanes of at least 4 members (excludes halogenated alkanes) is 40. The first kappa shape index (κ1) is 67.1. The van der Waals surface area contributed by atoms with Gasteiger partial charge in [-0.15, -0.1) is 0 Å². The van der Waals surface area contributed by atoms with Crippen molar-refractivity contribution >= 4 is 11.9 Å². The Labute approximate surface area is 430 Å². The zero-order chi connectivity index (χ0) is 50.0. The molecule has 0 spiro atoms. The Bertz CT molecular complexity index is 1120. The van der Waals surface area contributed by atoms with Crippen molar-refractivity contribution in [2.75, 3.05) is 13.2 Å². The summed E-state index contributed by atoms with van der Waals surface area (Å²) in [6, 6.07) is -0.540. The number of ether oxygens (including phenoxy) is 1. The number of allylic oxidation sites excluding steroid dienone is 6. The Morgan fingerprint density at radius 1 is 0.406 bits per heavy atom. The van der Waals surface area contributed by atoms with Crippen LogP contribution in [0.4, 0.5) is 0 Å². The van der Waals surface area contributed by atoms with Crippen LogP contribution in [0.1, 0.15) is 328 Å². The lowest BCUT2D eigenvalue weighted by atomic mass is 10.0. The fraction of sp³-hybridized carbons (Fsp3) is 0.873. The topological polar surface area (TPSA) is 95.9 Å². The first-order valence-corrected chi connectivity index (χ1v) is 30.7. The fourth-order valence-corrected chi connectivity index (χ4v) is 9.43. The van der Waals surface area contributed by atoms with Crippen LogP contribution in [0.5, 0.6) is 0 Å². The highest BCUT2D eigenvalue weighted by Crippen LogP contribution is 2.17. The minimum Gasteiger partial charge on any atom is -0.466 e. The Hall–Kier alpha value is -1.92. The van der Waals surface area contributed by atoms with E-state index >= 15 is 0 Å². The minimum absolute atomic E-state index is 0.000900. The van der Waals surface area contributed by atoms with E-state index in [0.717, 1.165) is 51.4 Å². The molecule has 0 aliphatic rings. The highest BCUT2D eigenvalue weighted by atomic mass is 16.5. The molecule has 0 bridgehead atoms. The number of carbonyl (C=O) groups excluding carboxylic acids is 2. The van der Waals surface area contributed by atoms with Gasteiger partial charge in [0.25, 0.3) is 0 Å². The quantitative estimate of drug-likeness (QED) is 0.0321. The van der Waals surface area contributed by atoms with Crippen molar-refractivity contribution in [3.8, 4) is 0 Å². The predicted molar refractivity (Wildman–Crippen MR) is 301 cm³/mol. The summed E-state index contributed by atoms with van der Waals surface area (Å²) >= 11 is 0. The zero-order valence-corrected chi connectivity index (χ0v) is 46.3. The van der Waals surface area contributed by atoms with Gasteiger partial charge in [-0.25, -0.2) is 0 Å². The molecule has 0 radical (unpaired) electrons. The Morgan fingerprint density at radius 3 is 1.14 bits per heavy atom. The summed E-state index contributed by atoms with van der Waals surface area (Å²) in [5.41, 5.74) is 0. The summed E-state index contributed by atoms with van der Waals surface area (Å²) in [5.74, 6) is -0.0362. The highest BCUT2D eigenvalue weighted by Gasteiger charge is 2.20. The second kappa shape index (κ2) is 58.6.